The lowest BCUT2D eigenvalue weighted by molar-refractivity contribution is -0.274. The maximum absolute atomic E-state index is 13.4. The highest BCUT2D eigenvalue weighted by Gasteiger charge is 2.47. The van der Waals surface area contributed by atoms with E-state index in [1.807, 2.05) is 0 Å². The molecule has 8 nitrogen and oxygen atoms in total. The third-order valence-electron chi connectivity index (χ3n) is 6.74. The maximum atomic E-state index is 13.4. The molecule has 0 aromatic heterocycles. The van der Waals surface area contributed by atoms with Crippen LogP contribution in [0.15, 0.2) is 53.4 Å². The van der Waals surface area contributed by atoms with Crippen molar-refractivity contribution in [2.75, 3.05) is 26.2 Å². The first-order chi connectivity index (χ1) is 18.1. The summed E-state index contributed by atoms with van der Waals surface area (Å²) >= 11 is 0. The minimum absolute atomic E-state index is 0.205. The Hall–Kier alpha value is -3.12. The van der Waals surface area contributed by atoms with Crippen LogP contribution < -0.4 is 20.5 Å². The van der Waals surface area contributed by atoms with Crippen molar-refractivity contribution in [3.8, 4) is 11.5 Å². The Bertz CT molecular complexity index is 1150. The number of carbonyl (C=O) groups excluding carboxylic acids is 2. The third kappa shape index (κ3) is 7.04. The molecule has 1 saturated heterocycles. The summed E-state index contributed by atoms with van der Waals surface area (Å²) in [5.74, 6) is -0.809. The van der Waals surface area contributed by atoms with E-state index < -0.39 is 39.5 Å². The van der Waals surface area contributed by atoms with Crippen LogP contribution in [-0.4, -0.2) is 64.3 Å². The first kappa shape index (κ1) is 27.9. The van der Waals surface area contributed by atoms with Gasteiger partial charge in [-0.1, -0.05) is 0 Å². The number of halogens is 3. The highest BCUT2D eigenvalue weighted by atomic mass is 32.2. The van der Waals surface area contributed by atoms with Gasteiger partial charge in [-0.15, -0.1) is 13.2 Å². The molecule has 1 aliphatic heterocycles. The highest BCUT2D eigenvalue weighted by molar-refractivity contribution is 7.87. The van der Waals surface area contributed by atoms with Gasteiger partial charge in [-0.2, -0.15) is 0 Å². The lowest BCUT2D eigenvalue weighted by Crippen LogP contribution is -2.55. The van der Waals surface area contributed by atoms with Gasteiger partial charge in [0.1, 0.15) is 16.2 Å². The number of primary amides is 1. The zero-order valence-corrected chi connectivity index (χ0v) is 21.5. The first-order valence-electron chi connectivity index (χ1n) is 12.4. The number of carbonyl (C=O) groups is 2. The Labute approximate surface area is 221 Å². The standard InChI is InChI=1S/C26H30F3N3O5S/c27-26(28,29)37-21-6-2-18(3-7-21)23(33)31-14-1-17-36-20-8-10-22(11-9-20)38(35)25(24(30)34)12-15-32(16-13-25)19-4-5-19/h2-3,6-11,19H,1,4-5,12-17H2,(H2,30,34)(H,31,33). The molecule has 1 saturated carbocycles. The van der Waals surface area contributed by atoms with Crippen molar-refractivity contribution in [3.05, 3.63) is 54.1 Å². The van der Waals surface area contributed by atoms with E-state index >= 15 is 0 Å². The SMILES string of the molecule is NC(=O)C1(S(=O)c2ccc(OCCCNC(=O)c3ccc(OC(F)(F)F)cc3)cc2)CCN(C2CC2)CC1. The summed E-state index contributed by atoms with van der Waals surface area (Å²) in [6.45, 7) is 2.02. The second-order valence-electron chi connectivity index (χ2n) is 9.40. The molecule has 1 aliphatic carbocycles. The van der Waals surface area contributed by atoms with Crippen LogP contribution in [-0.2, 0) is 15.6 Å². The van der Waals surface area contributed by atoms with Crippen LogP contribution in [0.25, 0.3) is 0 Å². The fraction of sp³-hybridized carbons (Fsp3) is 0.462. The minimum Gasteiger partial charge on any atom is -0.494 e. The molecule has 1 atom stereocenters. The molecule has 0 bridgehead atoms. The summed E-state index contributed by atoms with van der Waals surface area (Å²) in [7, 11) is -1.58. The molecule has 0 spiro atoms. The zero-order valence-electron chi connectivity index (χ0n) is 20.7. The lowest BCUT2D eigenvalue weighted by Gasteiger charge is -2.39. The predicted molar refractivity (Wildman–Crippen MR) is 134 cm³/mol. The average Bonchev–Trinajstić information content (AvgIpc) is 3.73. The van der Waals surface area contributed by atoms with Crippen LogP contribution in [0.2, 0.25) is 0 Å². The van der Waals surface area contributed by atoms with Gasteiger partial charge in [0.05, 0.1) is 17.4 Å². The molecular weight excluding hydrogens is 523 g/mol. The van der Waals surface area contributed by atoms with Crippen molar-refractivity contribution in [2.24, 2.45) is 5.73 Å². The summed E-state index contributed by atoms with van der Waals surface area (Å²) in [4.78, 5) is 27.4. The number of piperidine rings is 1. The molecular formula is C26H30F3N3O5S. The summed E-state index contributed by atoms with van der Waals surface area (Å²) in [5, 5.41) is 2.67. The van der Waals surface area contributed by atoms with E-state index in [1.165, 1.54) is 25.0 Å². The van der Waals surface area contributed by atoms with Gasteiger partial charge in [0, 0.05) is 36.1 Å². The summed E-state index contributed by atoms with van der Waals surface area (Å²) in [5.41, 5.74) is 5.94. The fourth-order valence-electron chi connectivity index (χ4n) is 4.47. The van der Waals surface area contributed by atoms with Crippen molar-refractivity contribution in [1.29, 1.82) is 0 Å². The van der Waals surface area contributed by atoms with Gasteiger partial charge in [-0.25, -0.2) is 0 Å². The van der Waals surface area contributed by atoms with Crippen molar-refractivity contribution in [1.82, 2.24) is 10.2 Å². The van der Waals surface area contributed by atoms with E-state index in [0.717, 1.165) is 25.2 Å². The van der Waals surface area contributed by atoms with Gasteiger partial charge in [0.25, 0.3) is 5.91 Å². The van der Waals surface area contributed by atoms with Gasteiger partial charge in [-0.3, -0.25) is 13.8 Å². The molecule has 0 radical (unpaired) electrons. The summed E-state index contributed by atoms with van der Waals surface area (Å²) in [6.07, 6.45) is -1.00. The van der Waals surface area contributed by atoms with Gasteiger partial charge in [0.15, 0.2) is 0 Å². The number of likely N-dealkylation sites (tertiary alicyclic amines) is 1. The molecule has 38 heavy (non-hydrogen) atoms. The maximum Gasteiger partial charge on any atom is 0.573 e. The van der Waals surface area contributed by atoms with Gasteiger partial charge >= 0.3 is 6.36 Å². The number of rotatable bonds is 11. The predicted octanol–water partition coefficient (Wildman–Crippen LogP) is 3.37. The van der Waals surface area contributed by atoms with Crippen LogP contribution >= 0.6 is 0 Å². The molecule has 12 heteroatoms. The number of benzene rings is 2. The Morgan fingerprint density at radius 1 is 1.03 bits per heavy atom. The number of nitrogens with one attached hydrogen (secondary N) is 1. The number of nitrogens with two attached hydrogens (primary N) is 1. The molecule has 3 N–H and O–H groups in total. The second-order valence-corrected chi connectivity index (χ2v) is 11.2. The zero-order chi connectivity index (χ0) is 27.3. The topological polar surface area (TPSA) is 111 Å². The average molecular weight is 554 g/mol. The molecule has 2 aromatic rings. The summed E-state index contributed by atoms with van der Waals surface area (Å²) < 4.78 is 58.5. The van der Waals surface area contributed by atoms with E-state index in [0.29, 0.717) is 49.1 Å². The smallest absolute Gasteiger partial charge is 0.494 e. The molecule has 2 aliphatic rings. The Balaban J connectivity index is 1.21. The Kier molecular flexibility index (Phi) is 8.61. The Morgan fingerprint density at radius 2 is 1.63 bits per heavy atom. The Morgan fingerprint density at radius 3 is 2.18 bits per heavy atom. The lowest BCUT2D eigenvalue weighted by atomic mass is 9.95. The van der Waals surface area contributed by atoms with E-state index in [2.05, 4.69) is 15.0 Å². The second kappa shape index (κ2) is 11.7. The number of hydrogen-bond donors (Lipinski definition) is 2. The number of alkyl halides is 3. The number of hydrogen-bond acceptors (Lipinski definition) is 6. The highest BCUT2D eigenvalue weighted by Crippen LogP contribution is 2.37. The summed E-state index contributed by atoms with van der Waals surface area (Å²) in [6, 6.07) is 12.0. The van der Waals surface area contributed by atoms with Crippen molar-refractivity contribution in [2.45, 2.75) is 54.2 Å². The third-order valence-corrected chi connectivity index (χ3v) is 8.76. The number of amides is 2. The van der Waals surface area contributed by atoms with E-state index in [-0.39, 0.29) is 5.56 Å². The monoisotopic (exact) mass is 553 g/mol. The number of nitrogens with zero attached hydrogens (tertiary/aromatic N) is 1. The minimum atomic E-state index is -4.79. The van der Waals surface area contributed by atoms with Crippen LogP contribution in [0.3, 0.4) is 0 Å². The van der Waals surface area contributed by atoms with Crippen LogP contribution in [0.1, 0.15) is 42.5 Å². The molecule has 2 fully saturated rings. The molecule has 2 amide bonds. The van der Waals surface area contributed by atoms with E-state index in [9.17, 15) is 27.0 Å². The fourth-order valence-corrected chi connectivity index (χ4v) is 6.04. The molecule has 4 rings (SSSR count). The van der Waals surface area contributed by atoms with Crippen molar-refractivity contribution >= 4 is 22.6 Å². The number of ether oxygens (including phenoxy) is 2. The van der Waals surface area contributed by atoms with Crippen molar-refractivity contribution < 1.29 is 36.4 Å². The quantitative estimate of drug-likeness (QED) is 0.413. The van der Waals surface area contributed by atoms with Crippen LogP contribution in [0.4, 0.5) is 13.2 Å². The van der Waals surface area contributed by atoms with Crippen LogP contribution in [0, 0.1) is 0 Å². The molecule has 1 heterocycles. The molecule has 2 aromatic carbocycles. The molecule has 206 valence electrons. The van der Waals surface area contributed by atoms with Crippen LogP contribution in [0.5, 0.6) is 11.5 Å². The first-order valence-corrected chi connectivity index (χ1v) is 13.6. The van der Waals surface area contributed by atoms with Gasteiger partial charge in [-0.05, 0) is 80.6 Å². The van der Waals surface area contributed by atoms with Crippen molar-refractivity contribution in [3.63, 3.8) is 0 Å². The largest absolute Gasteiger partial charge is 0.573 e. The molecule has 1 unspecified atom stereocenters. The van der Waals surface area contributed by atoms with Gasteiger partial charge < -0.3 is 25.4 Å². The normalized spacial score (nSPS) is 18.4. The van der Waals surface area contributed by atoms with E-state index in [1.54, 1.807) is 24.3 Å². The van der Waals surface area contributed by atoms with Gasteiger partial charge in [0.2, 0.25) is 5.91 Å². The van der Waals surface area contributed by atoms with E-state index in [4.69, 9.17) is 10.5 Å².